The quantitative estimate of drug-likeness (QED) is 0.528. The average Bonchev–Trinajstić information content (AvgIpc) is 3.20. The van der Waals surface area contributed by atoms with E-state index in [0.29, 0.717) is 12.4 Å². The molecule has 0 bridgehead atoms. The van der Waals surface area contributed by atoms with Crippen LogP contribution in [0.25, 0.3) is 0 Å². The number of hydrogen-bond donors (Lipinski definition) is 1. The molecule has 6 nitrogen and oxygen atoms in total. The third kappa shape index (κ3) is 4.80. The maximum Gasteiger partial charge on any atom is 0.304 e. The Labute approximate surface area is 195 Å². The molecule has 0 spiro atoms. The number of ether oxygens (including phenoxy) is 1. The minimum Gasteiger partial charge on any atom is -0.489 e. The van der Waals surface area contributed by atoms with Crippen LogP contribution in [0.2, 0.25) is 0 Å². The summed E-state index contributed by atoms with van der Waals surface area (Å²) in [5.74, 6) is 0.144. The first-order valence-electron chi connectivity index (χ1n) is 11.5. The van der Waals surface area contributed by atoms with Crippen LogP contribution in [0.4, 0.5) is 0 Å². The number of aromatic nitrogens is 3. The second kappa shape index (κ2) is 8.65. The summed E-state index contributed by atoms with van der Waals surface area (Å²) in [6, 6.07) is 14.4. The van der Waals surface area contributed by atoms with Crippen LogP contribution in [0, 0.1) is 0 Å². The number of carboxylic acids is 1. The number of aryl methyl sites for hydroxylation is 1. The first-order chi connectivity index (χ1) is 15.6. The molecule has 0 fully saturated rings. The summed E-state index contributed by atoms with van der Waals surface area (Å²) >= 11 is 0. The van der Waals surface area contributed by atoms with Gasteiger partial charge in [0.25, 0.3) is 0 Å². The van der Waals surface area contributed by atoms with Gasteiger partial charge in [-0.3, -0.25) is 4.79 Å². The molecule has 1 aliphatic rings. The van der Waals surface area contributed by atoms with Gasteiger partial charge in [-0.1, -0.05) is 58.0 Å². The highest BCUT2D eigenvalue weighted by Crippen LogP contribution is 2.46. The number of rotatable bonds is 7. The molecule has 3 aromatic rings. The number of fused-ring (bicyclic) bond motifs is 1. The summed E-state index contributed by atoms with van der Waals surface area (Å²) in [7, 11) is 1.82. The Bertz CT molecular complexity index is 1150. The summed E-state index contributed by atoms with van der Waals surface area (Å²) in [5, 5.41) is 17.4. The van der Waals surface area contributed by atoms with Crippen LogP contribution < -0.4 is 4.74 Å². The van der Waals surface area contributed by atoms with Crippen molar-refractivity contribution in [2.24, 2.45) is 7.05 Å². The van der Waals surface area contributed by atoms with Crippen molar-refractivity contribution < 1.29 is 14.6 Å². The zero-order valence-electron chi connectivity index (χ0n) is 20.1. The van der Waals surface area contributed by atoms with E-state index in [1.165, 1.54) is 24.0 Å². The lowest BCUT2D eigenvalue weighted by molar-refractivity contribution is -0.137. The number of aliphatic carboxylic acids is 1. The Kier molecular flexibility index (Phi) is 6.04. The van der Waals surface area contributed by atoms with E-state index < -0.39 is 5.97 Å². The Morgan fingerprint density at radius 3 is 2.33 bits per heavy atom. The van der Waals surface area contributed by atoms with Crippen LogP contribution >= 0.6 is 0 Å². The normalized spacial score (nSPS) is 17.2. The van der Waals surface area contributed by atoms with Crippen molar-refractivity contribution >= 4 is 5.97 Å². The average molecular weight is 448 g/mol. The minimum atomic E-state index is -0.873. The fourth-order valence-electron chi connectivity index (χ4n) is 4.83. The van der Waals surface area contributed by atoms with Gasteiger partial charge < -0.3 is 14.4 Å². The molecule has 0 amide bonds. The Balaban J connectivity index is 1.50. The van der Waals surface area contributed by atoms with E-state index in [2.05, 4.69) is 56.1 Å². The summed E-state index contributed by atoms with van der Waals surface area (Å²) in [6.07, 6.45) is 3.92. The maximum atomic E-state index is 11.4. The molecule has 6 heteroatoms. The van der Waals surface area contributed by atoms with Crippen LogP contribution in [0.15, 0.2) is 48.8 Å². The fourth-order valence-corrected chi connectivity index (χ4v) is 4.83. The zero-order chi connectivity index (χ0) is 23.8. The van der Waals surface area contributed by atoms with Gasteiger partial charge in [0.1, 0.15) is 24.5 Å². The largest absolute Gasteiger partial charge is 0.489 e. The second-order valence-corrected chi connectivity index (χ2v) is 10.5. The molecule has 1 atom stereocenters. The van der Waals surface area contributed by atoms with Crippen LogP contribution in [-0.2, 0) is 29.3 Å². The molecule has 1 heterocycles. The van der Waals surface area contributed by atoms with Crippen molar-refractivity contribution in [2.45, 2.75) is 70.3 Å². The molecule has 0 aliphatic heterocycles. The Morgan fingerprint density at radius 1 is 1.06 bits per heavy atom. The number of carbonyl (C=O) groups is 1. The highest BCUT2D eigenvalue weighted by Gasteiger charge is 2.36. The molecule has 0 saturated heterocycles. The van der Waals surface area contributed by atoms with Crippen molar-refractivity contribution in [3.63, 3.8) is 0 Å². The highest BCUT2D eigenvalue weighted by atomic mass is 16.5. The number of carboxylic acid groups (broad SMARTS) is 1. The first-order valence-corrected chi connectivity index (χ1v) is 11.5. The Hall–Kier alpha value is -3.15. The van der Waals surface area contributed by atoms with Gasteiger partial charge in [-0.25, -0.2) is 0 Å². The number of benzene rings is 2. The van der Waals surface area contributed by atoms with E-state index in [0.717, 1.165) is 16.9 Å². The van der Waals surface area contributed by atoms with Crippen molar-refractivity contribution in [2.75, 3.05) is 0 Å². The van der Waals surface area contributed by atoms with Crippen LogP contribution in [0.3, 0.4) is 0 Å². The predicted octanol–water partition coefficient (Wildman–Crippen LogP) is 5.35. The summed E-state index contributed by atoms with van der Waals surface area (Å²) in [6.45, 7) is 9.81. The maximum absolute atomic E-state index is 11.4. The molecule has 1 aromatic heterocycles. The fraction of sp³-hybridized carbons (Fsp3) is 0.444. The van der Waals surface area contributed by atoms with E-state index in [4.69, 9.17) is 4.74 Å². The van der Waals surface area contributed by atoms with Crippen molar-refractivity contribution in [1.29, 1.82) is 0 Å². The van der Waals surface area contributed by atoms with Gasteiger partial charge in [0.2, 0.25) is 0 Å². The standard InChI is InChI=1S/C27H33N3O3/c1-26(2)12-13-27(3,4)23-14-18(6-11-22(23)26)16-33-20-9-7-19(8-10-20)21(15-24(31)32)25-29-28-17-30(25)5/h6-11,14,17,21H,12-13,15-16H2,1-5H3,(H,31,32)/t21-/m0/s1. The summed E-state index contributed by atoms with van der Waals surface area (Å²) in [5.41, 5.74) is 5.28. The molecule has 0 radical (unpaired) electrons. The smallest absolute Gasteiger partial charge is 0.304 e. The van der Waals surface area contributed by atoms with Crippen molar-refractivity contribution in [1.82, 2.24) is 14.8 Å². The van der Waals surface area contributed by atoms with Gasteiger partial charge in [-0.15, -0.1) is 10.2 Å². The molecular weight excluding hydrogens is 414 g/mol. The predicted molar refractivity (Wildman–Crippen MR) is 128 cm³/mol. The van der Waals surface area contributed by atoms with Crippen LogP contribution in [-0.4, -0.2) is 25.8 Å². The minimum absolute atomic E-state index is 0.0476. The third-order valence-corrected chi connectivity index (χ3v) is 7.04. The SMILES string of the molecule is Cn1cnnc1[C@@H](CC(=O)O)c1ccc(OCc2ccc3c(c2)C(C)(C)CCC3(C)C)cc1. The van der Waals surface area contributed by atoms with Crippen LogP contribution in [0.5, 0.6) is 5.75 Å². The highest BCUT2D eigenvalue weighted by molar-refractivity contribution is 5.68. The van der Waals surface area contributed by atoms with Gasteiger partial charge in [-0.05, 0) is 58.1 Å². The van der Waals surface area contributed by atoms with E-state index >= 15 is 0 Å². The van der Waals surface area contributed by atoms with Gasteiger partial charge in [-0.2, -0.15) is 0 Å². The van der Waals surface area contributed by atoms with Crippen LogP contribution in [0.1, 0.15) is 81.0 Å². The molecule has 1 aliphatic carbocycles. The monoisotopic (exact) mass is 447 g/mol. The lowest BCUT2D eigenvalue weighted by atomic mass is 9.63. The zero-order valence-corrected chi connectivity index (χ0v) is 20.1. The van der Waals surface area contributed by atoms with Gasteiger partial charge >= 0.3 is 5.97 Å². The van der Waals surface area contributed by atoms with E-state index in [-0.39, 0.29) is 23.2 Å². The first kappa shape index (κ1) is 23.0. The molecule has 4 rings (SSSR count). The Morgan fingerprint density at radius 2 is 1.73 bits per heavy atom. The van der Waals surface area contributed by atoms with Crippen molar-refractivity contribution in [3.05, 3.63) is 76.9 Å². The molecule has 2 aromatic carbocycles. The molecular formula is C27H33N3O3. The molecule has 0 unspecified atom stereocenters. The van der Waals surface area contributed by atoms with Gasteiger partial charge in [0.05, 0.1) is 12.3 Å². The van der Waals surface area contributed by atoms with E-state index in [9.17, 15) is 9.90 Å². The van der Waals surface area contributed by atoms with Crippen molar-refractivity contribution in [3.8, 4) is 5.75 Å². The topological polar surface area (TPSA) is 77.2 Å². The third-order valence-electron chi connectivity index (χ3n) is 7.04. The second-order valence-electron chi connectivity index (χ2n) is 10.5. The lowest BCUT2D eigenvalue weighted by Crippen LogP contribution is -2.33. The molecule has 0 saturated carbocycles. The van der Waals surface area contributed by atoms with E-state index in [1.54, 1.807) is 10.9 Å². The number of nitrogens with zero attached hydrogens (tertiary/aromatic N) is 3. The molecule has 1 N–H and O–H groups in total. The van der Waals surface area contributed by atoms with E-state index in [1.807, 2.05) is 31.3 Å². The van der Waals surface area contributed by atoms with Gasteiger partial charge in [0, 0.05) is 7.05 Å². The summed E-state index contributed by atoms with van der Waals surface area (Å²) in [4.78, 5) is 11.4. The lowest BCUT2D eigenvalue weighted by Gasteiger charge is -2.42. The molecule has 33 heavy (non-hydrogen) atoms. The van der Waals surface area contributed by atoms with Gasteiger partial charge in [0.15, 0.2) is 0 Å². The molecule has 174 valence electrons. The summed E-state index contributed by atoms with van der Waals surface area (Å²) < 4.78 is 7.84. The number of hydrogen-bond acceptors (Lipinski definition) is 4.